The number of thiophene rings is 1. The fraction of sp³-hybridized carbons (Fsp3) is 0.300. The van der Waals surface area contributed by atoms with Crippen LogP contribution in [0.25, 0.3) is 10.7 Å². The summed E-state index contributed by atoms with van der Waals surface area (Å²) in [6.07, 6.45) is -0.607. The van der Waals surface area contributed by atoms with Crippen molar-refractivity contribution in [3.05, 3.63) is 53.2 Å². The molecule has 2 heterocycles. The molecule has 0 aliphatic carbocycles. The van der Waals surface area contributed by atoms with Crippen LogP contribution in [0.5, 0.6) is 5.75 Å². The van der Waals surface area contributed by atoms with E-state index >= 15 is 0 Å². The van der Waals surface area contributed by atoms with E-state index in [1.54, 1.807) is 7.11 Å². The van der Waals surface area contributed by atoms with Gasteiger partial charge in [-0.15, -0.1) is 11.3 Å². The van der Waals surface area contributed by atoms with Gasteiger partial charge < -0.3 is 19.3 Å². The number of benzene rings is 1. The van der Waals surface area contributed by atoms with Crippen molar-refractivity contribution in [3.8, 4) is 16.5 Å². The number of hydrogen-bond donors (Lipinski definition) is 1. The highest BCUT2D eigenvalue weighted by atomic mass is 32.1. The molecule has 152 valence electrons. The average Bonchev–Trinajstić information content (AvgIpc) is 3.42. The lowest BCUT2D eigenvalue weighted by Crippen LogP contribution is -2.35. The maximum absolute atomic E-state index is 12.1. The van der Waals surface area contributed by atoms with Gasteiger partial charge in [0.25, 0.3) is 5.91 Å². The van der Waals surface area contributed by atoms with Crippen LogP contribution in [0.15, 0.2) is 46.3 Å². The van der Waals surface area contributed by atoms with Crippen LogP contribution >= 0.6 is 11.3 Å². The molecule has 0 unspecified atom stereocenters. The molecule has 0 saturated carbocycles. The van der Waals surface area contributed by atoms with Crippen molar-refractivity contribution in [1.82, 2.24) is 15.5 Å². The highest BCUT2D eigenvalue weighted by Crippen LogP contribution is 2.21. The number of methoxy groups -OCH3 is 1. The van der Waals surface area contributed by atoms with Gasteiger partial charge in [0.1, 0.15) is 5.75 Å². The minimum absolute atomic E-state index is 0.0438. The largest absolute Gasteiger partial charge is 0.497 e. The van der Waals surface area contributed by atoms with E-state index in [9.17, 15) is 9.59 Å². The Bertz CT molecular complexity index is 937. The normalized spacial score (nSPS) is 11.7. The van der Waals surface area contributed by atoms with Gasteiger partial charge in [0.15, 0.2) is 6.10 Å². The van der Waals surface area contributed by atoms with E-state index in [2.05, 4.69) is 15.5 Å². The molecule has 8 nitrogen and oxygen atoms in total. The number of amides is 1. The molecule has 1 atom stereocenters. The molecule has 0 fully saturated rings. The Labute approximate surface area is 171 Å². The highest BCUT2D eigenvalue weighted by molar-refractivity contribution is 7.13. The first-order valence-electron chi connectivity index (χ1n) is 9.01. The molecule has 0 bridgehead atoms. The maximum Gasteiger partial charge on any atom is 0.307 e. The zero-order valence-corrected chi connectivity index (χ0v) is 16.9. The van der Waals surface area contributed by atoms with E-state index in [-0.39, 0.29) is 18.7 Å². The van der Waals surface area contributed by atoms with E-state index in [1.807, 2.05) is 41.8 Å². The lowest BCUT2D eigenvalue weighted by Gasteiger charge is -2.13. The standard InChI is InChI=1S/C20H21N3O5S/c1-13(20(25)21-12-14-5-7-15(26-2)8-6-14)27-18(24)10-9-17-22-19(23-28-17)16-4-3-11-29-16/h3-8,11,13H,9-10,12H2,1-2H3,(H,21,25)/t13-/m0/s1. The molecule has 2 aromatic heterocycles. The summed E-state index contributed by atoms with van der Waals surface area (Å²) in [5, 5.41) is 8.55. The predicted octanol–water partition coefficient (Wildman–Crippen LogP) is 2.99. The number of aromatic nitrogens is 2. The third-order valence-electron chi connectivity index (χ3n) is 4.06. The average molecular weight is 415 g/mol. The molecule has 0 spiro atoms. The minimum atomic E-state index is -0.898. The van der Waals surface area contributed by atoms with E-state index in [0.29, 0.717) is 18.3 Å². The van der Waals surface area contributed by atoms with Crippen molar-refractivity contribution in [2.45, 2.75) is 32.4 Å². The number of rotatable bonds is 9. The summed E-state index contributed by atoms with van der Waals surface area (Å²) >= 11 is 1.50. The quantitative estimate of drug-likeness (QED) is 0.536. The first-order chi connectivity index (χ1) is 14.0. The van der Waals surface area contributed by atoms with Crippen molar-refractivity contribution >= 4 is 23.2 Å². The SMILES string of the molecule is COc1ccc(CNC(=O)[C@H](C)OC(=O)CCc2nc(-c3cccs3)no2)cc1. The Kier molecular flexibility index (Phi) is 6.96. The van der Waals surface area contributed by atoms with Gasteiger partial charge in [-0.1, -0.05) is 23.4 Å². The van der Waals surface area contributed by atoms with E-state index in [1.165, 1.54) is 18.3 Å². The number of nitrogens with one attached hydrogen (secondary N) is 1. The second kappa shape index (κ2) is 9.83. The number of esters is 1. The van der Waals surface area contributed by atoms with Crippen molar-refractivity contribution in [2.75, 3.05) is 7.11 Å². The molecule has 3 aromatic rings. The number of ether oxygens (including phenoxy) is 2. The Balaban J connectivity index is 1.40. The van der Waals surface area contributed by atoms with Crippen LogP contribution in [-0.4, -0.2) is 35.2 Å². The lowest BCUT2D eigenvalue weighted by molar-refractivity contribution is -0.154. The Hall–Kier alpha value is -3.20. The molecule has 0 saturated heterocycles. The Morgan fingerprint density at radius 2 is 2.03 bits per heavy atom. The maximum atomic E-state index is 12.1. The second-order valence-electron chi connectivity index (χ2n) is 6.19. The Morgan fingerprint density at radius 1 is 1.24 bits per heavy atom. The topological polar surface area (TPSA) is 104 Å². The van der Waals surface area contributed by atoms with Gasteiger partial charge in [0.2, 0.25) is 11.7 Å². The van der Waals surface area contributed by atoms with Gasteiger partial charge in [-0.2, -0.15) is 4.98 Å². The van der Waals surface area contributed by atoms with Gasteiger partial charge in [0.05, 0.1) is 18.4 Å². The van der Waals surface area contributed by atoms with Crippen LogP contribution in [0, 0.1) is 0 Å². The summed E-state index contributed by atoms with van der Waals surface area (Å²) in [4.78, 5) is 29.3. The molecule has 1 N–H and O–H groups in total. The molecule has 0 aliphatic heterocycles. The molecular formula is C20H21N3O5S. The second-order valence-corrected chi connectivity index (χ2v) is 7.13. The van der Waals surface area contributed by atoms with Crippen LogP contribution in [0.1, 0.15) is 24.8 Å². The van der Waals surface area contributed by atoms with Gasteiger partial charge in [0, 0.05) is 13.0 Å². The fourth-order valence-corrected chi connectivity index (χ4v) is 3.11. The van der Waals surface area contributed by atoms with Gasteiger partial charge in [-0.3, -0.25) is 9.59 Å². The highest BCUT2D eigenvalue weighted by Gasteiger charge is 2.18. The zero-order chi connectivity index (χ0) is 20.6. The monoisotopic (exact) mass is 415 g/mol. The molecule has 29 heavy (non-hydrogen) atoms. The third kappa shape index (κ3) is 5.89. The minimum Gasteiger partial charge on any atom is -0.497 e. The number of aryl methyl sites for hydroxylation is 1. The van der Waals surface area contributed by atoms with Crippen molar-refractivity contribution in [1.29, 1.82) is 0 Å². The van der Waals surface area contributed by atoms with Crippen LogP contribution in [0.3, 0.4) is 0 Å². The number of hydrogen-bond acceptors (Lipinski definition) is 8. The Morgan fingerprint density at radius 3 is 2.72 bits per heavy atom. The fourth-order valence-electron chi connectivity index (χ4n) is 2.46. The van der Waals surface area contributed by atoms with E-state index < -0.39 is 12.1 Å². The van der Waals surface area contributed by atoms with Gasteiger partial charge >= 0.3 is 5.97 Å². The van der Waals surface area contributed by atoms with Gasteiger partial charge in [-0.25, -0.2) is 0 Å². The summed E-state index contributed by atoms with van der Waals surface area (Å²) in [7, 11) is 1.59. The zero-order valence-electron chi connectivity index (χ0n) is 16.1. The molecule has 9 heteroatoms. The number of nitrogens with zero attached hydrogens (tertiary/aromatic N) is 2. The molecule has 0 aliphatic rings. The van der Waals surface area contributed by atoms with Crippen molar-refractivity contribution < 1.29 is 23.6 Å². The van der Waals surface area contributed by atoms with Crippen LogP contribution < -0.4 is 10.1 Å². The smallest absolute Gasteiger partial charge is 0.307 e. The molecular weight excluding hydrogens is 394 g/mol. The summed E-state index contributed by atoms with van der Waals surface area (Å²) in [6.45, 7) is 1.86. The summed E-state index contributed by atoms with van der Waals surface area (Å²) in [6, 6.07) is 11.1. The van der Waals surface area contributed by atoms with Crippen LogP contribution in [-0.2, 0) is 27.3 Å². The van der Waals surface area contributed by atoms with Crippen LogP contribution in [0.4, 0.5) is 0 Å². The molecule has 0 radical (unpaired) electrons. The van der Waals surface area contributed by atoms with Crippen molar-refractivity contribution in [3.63, 3.8) is 0 Å². The molecule has 3 rings (SSSR count). The lowest BCUT2D eigenvalue weighted by atomic mass is 10.2. The van der Waals surface area contributed by atoms with Crippen molar-refractivity contribution in [2.24, 2.45) is 0 Å². The summed E-state index contributed by atoms with van der Waals surface area (Å²) in [5.41, 5.74) is 0.913. The number of carbonyl (C=O) groups excluding carboxylic acids is 2. The van der Waals surface area contributed by atoms with E-state index in [4.69, 9.17) is 14.0 Å². The molecule has 1 amide bonds. The van der Waals surface area contributed by atoms with E-state index in [0.717, 1.165) is 16.2 Å². The first-order valence-corrected chi connectivity index (χ1v) is 9.89. The molecule has 1 aromatic carbocycles. The summed E-state index contributed by atoms with van der Waals surface area (Å²) in [5.74, 6) is 0.711. The third-order valence-corrected chi connectivity index (χ3v) is 4.92. The predicted molar refractivity (Wildman–Crippen MR) is 106 cm³/mol. The first kappa shape index (κ1) is 20.5. The number of carbonyl (C=O) groups is 2. The van der Waals surface area contributed by atoms with Crippen LogP contribution in [0.2, 0.25) is 0 Å². The van der Waals surface area contributed by atoms with Gasteiger partial charge in [-0.05, 0) is 36.1 Å². The summed E-state index contributed by atoms with van der Waals surface area (Å²) < 4.78 is 15.4.